The van der Waals surface area contributed by atoms with Crippen molar-refractivity contribution in [2.45, 2.75) is 70.2 Å². The van der Waals surface area contributed by atoms with E-state index in [0.29, 0.717) is 31.9 Å². The fraction of sp³-hybridized carbons (Fsp3) is 0.567. The first-order valence-corrected chi connectivity index (χ1v) is 15.7. The number of hydrogen-bond donors (Lipinski definition) is 2. The van der Waals surface area contributed by atoms with Gasteiger partial charge in [0, 0.05) is 57.2 Å². The van der Waals surface area contributed by atoms with E-state index >= 15 is 0 Å². The molecule has 1 aromatic heterocycles. The van der Waals surface area contributed by atoms with Gasteiger partial charge >= 0.3 is 0 Å². The van der Waals surface area contributed by atoms with E-state index in [1.54, 1.807) is 24.5 Å². The number of nitrogens with zero attached hydrogens (tertiary/aromatic N) is 4. The number of pyridine rings is 1. The van der Waals surface area contributed by atoms with Crippen LogP contribution in [0.25, 0.3) is 0 Å². The van der Waals surface area contributed by atoms with Crippen molar-refractivity contribution in [2.24, 2.45) is 5.92 Å². The van der Waals surface area contributed by atoms with Crippen molar-refractivity contribution < 1.29 is 27.9 Å². The first-order valence-electron chi connectivity index (χ1n) is 14.2. The number of piperazine rings is 1. The SMILES string of the molecule is COc1ccc(S(=O)(=O)N(CC(C)C)C[C@@H](O)CC(=O)N2CCN(Cc3cccnc3)C[C@H]2C(=O)NC(C)(C)C)cc1. The first kappa shape index (κ1) is 33.4. The van der Waals surface area contributed by atoms with Gasteiger partial charge in [-0.1, -0.05) is 19.9 Å². The molecule has 1 fully saturated rings. The Hall–Kier alpha value is -3.06. The van der Waals surface area contributed by atoms with Crippen LogP contribution in [0.3, 0.4) is 0 Å². The lowest BCUT2D eigenvalue weighted by atomic mass is 10.0. The molecule has 1 aliphatic heterocycles. The second-order valence-corrected chi connectivity index (χ2v) is 14.1. The van der Waals surface area contributed by atoms with E-state index in [4.69, 9.17) is 4.74 Å². The lowest BCUT2D eigenvalue weighted by Crippen LogP contribution is -2.62. The molecule has 2 N–H and O–H groups in total. The number of amides is 2. The fourth-order valence-electron chi connectivity index (χ4n) is 4.90. The summed E-state index contributed by atoms with van der Waals surface area (Å²) in [6.45, 7) is 11.1. The smallest absolute Gasteiger partial charge is 0.244 e. The molecule has 1 saturated heterocycles. The number of carbonyl (C=O) groups is 2. The number of rotatable bonds is 12. The molecule has 0 saturated carbocycles. The van der Waals surface area contributed by atoms with E-state index in [1.807, 2.05) is 46.8 Å². The topological polar surface area (TPSA) is 132 Å². The van der Waals surface area contributed by atoms with Gasteiger partial charge in [0.05, 0.1) is 24.5 Å². The van der Waals surface area contributed by atoms with Gasteiger partial charge in [-0.05, 0) is 62.6 Å². The molecule has 0 radical (unpaired) electrons. The maximum atomic E-state index is 13.5. The number of hydrogen-bond acceptors (Lipinski definition) is 8. The average Bonchev–Trinajstić information content (AvgIpc) is 2.92. The number of aromatic nitrogens is 1. The van der Waals surface area contributed by atoms with Gasteiger partial charge < -0.3 is 20.1 Å². The zero-order valence-electron chi connectivity index (χ0n) is 25.5. The highest BCUT2D eigenvalue weighted by atomic mass is 32.2. The van der Waals surface area contributed by atoms with Crippen molar-refractivity contribution in [3.63, 3.8) is 0 Å². The molecule has 42 heavy (non-hydrogen) atoms. The Balaban J connectivity index is 1.74. The summed E-state index contributed by atoms with van der Waals surface area (Å²) in [4.78, 5) is 34.7. The monoisotopic (exact) mass is 603 g/mol. The quantitative estimate of drug-likeness (QED) is 0.377. The Kier molecular flexibility index (Phi) is 11.5. The molecule has 2 amide bonds. The molecule has 2 heterocycles. The number of carbonyl (C=O) groups excluding carboxylic acids is 2. The molecule has 0 aliphatic carbocycles. The van der Waals surface area contributed by atoms with Crippen LogP contribution < -0.4 is 10.1 Å². The van der Waals surface area contributed by atoms with Gasteiger partial charge in [-0.3, -0.25) is 19.5 Å². The van der Waals surface area contributed by atoms with Gasteiger partial charge in [-0.2, -0.15) is 4.31 Å². The highest BCUT2D eigenvalue weighted by Gasteiger charge is 2.37. The Bertz CT molecular complexity index is 1280. The third-order valence-corrected chi connectivity index (χ3v) is 8.65. The summed E-state index contributed by atoms with van der Waals surface area (Å²) < 4.78 is 33.3. The first-order chi connectivity index (χ1) is 19.7. The minimum atomic E-state index is -3.94. The number of methoxy groups -OCH3 is 1. The number of nitrogens with one attached hydrogen (secondary N) is 1. The normalized spacial score (nSPS) is 17.4. The number of benzene rings is 1. The van der Waals surface area contributed by atoms with Crippen LogP contribution in [0.1, 0.15) is 46.6 Å². The number of aliphatic hydroxyl groups is 1. The Labute approximate surface area is 249 Å². The van der Waals surface area contributed by atoms with Gasteiger partial charge in [0.25, 0.3) is 0 Å². The summed E-state index contributed by atoms with van der Waals surface area (Å²) in [7, 11) is -2.44. The molecule has 2 aromatic rings. The fourth-order valence-corrected chi connectivity index (χ4v) is 6.54. The van der Waals surface area contributed by atoms with Crippen molar-refractivity contribution in [1.82, 2.24) is 24.4 Å². The van der Waals surface area contributed by atoms with Gasteiger partial charge in [0.2, 0.25) is 21.8 Å². The van der Waals surface area contributed by atoms with E-state index in [2.05, 4.69) is 15.2 Å². The Morgan fingerprint density at radius 3 is 2.40 bits per heavy atom. The average molecular weight is 604 g/mol. The summed E-state index contributed by atoms with van der Waals surface area (Å²) >= 11 is 0. The van der Waals surface area contributed by atoms with E-state index in [0.717, 1.165) is 5.56 Å². The number of aliphatic hydroxyl groups excluding tert-OH is 1. The zero-order valence-corrected chi connectivity index (χ0v) is 26.3. The molecule has 12 heteroatoms. The van der Waals surface area contributed by atoms with Crippen molar-refractivity contribution in [3.05, 3.63) is 54.4 Å². The van der Waals surface area contributed by atoms with Gasteiger partial charge in [-0.25, -0.2) is 8.42 Å². The summed E-state index contributed by atoms with van der Waals surface area (Å²) in [6.07, 6.45) is 1.91. The molecule has 0 bridgehead atoms. The number of sulfonamides is 1. The second-order valence-electron chi connectivity index (χ2n) is 12.2. The maximum absolute atomic E-state index is 13.5. The van der Waals surface area contributed by atoms with Crippen LogP contribution in [0.2, 0.25) is 0 Å². The number of ether oxygens (including phenoxy) is 1. The molecule has 1 aromatic carbocycles. The summed E-state index contributed by atoms with van der Waals surface area (Å²) in [5.74, 6) is -0.159. The molecule has 3 rings (SSSR count). The largest absolute Gasteiger partial charge is 0.497 e. The summed E-state index contributed by atoms with van der Waals surface area (Å²) in [6, 6.07) is 9.12. The molecule has 2 atom stereocenters. The predicted octanol–water partition coefficient (Wildman–Crippen LogP) is 2.12. The molecule has 11 nitrogen and oxygen atoms in total. The summed E-state index contributed by atoms with van der Waals surface area (Å²) in [5, 5.41) is 14.0. The van der Waals surface area contributed by atoms with Crippen molar-refractivity contribution in [2.75, 3.05) is 39.8 Å². The van der Waals surface area contributed by atoms with Crippen LogP contribution in [0, 0.1) is 5.92 Å². The molecule has 1 aliphatic rings. The zero-order chi connectivity index (χ0) is 31.1. The lowest BCUT2D eigenvalue weighted by molar-refractivity contribution is -0.146. The highest BCUT2D eigenvalue weighted by molar-refractivity contribution is 7.89. The molecule has 232 valence electrons. The minimum absolute atomic E-state index is 0.0145. The van der Waals surface area contributed by atoms with E-state index in [-0.39, 0.29) is 36.2 Å². The van der Waals surface area contributed by atoms with E-state index in [1.165, 1.54) is 28.4 Å². The van der Waals surface area contributed by atoms with Crippen molar-refractivity contribution >= 4 is 21.8 Å². The van der Waals surface area contributed by atoms with E-state index in [9.17, 15) is 23.1 Å². The van der Waals surface area contributed by atoms with Gasteiger partial charge in [-0.15, -0.1) is 0 Å². The van der Waals surface area contributed by atoms with Crippen LogP contribution in [-0.4, -0.2) is 102 Å². The standard InChI is InChI=1S/C30H45N5O6S/c1-22(2)18-34(42(39,40)26-11-9-25(41-6)10-12-26)20-24(36)16-28(37)35-15-14-33(19-23-8-7-13-31-17-23)21-27(35)29(38)32-30(3,4)5/h7-13,17,22,24,27,36H,14-16,18-21H2,1-6H3,(H,32,38)/t24-,27-/m0/s1. The van der Waals surface area contributed by atoms with Crippen LogP contribution in [-0.2, 0) is 26.2 Å². The molecular weight excluding hydrogens is 558 g/mol. The van der Waals surface area contributed by atoms with Crippen LogP contribution >= 0.6 is 0 Å². The Morgan fingerprint density at radius 1 is 1.14 bits per heavy atom. The molecule has 0 spiro atoms. The predicted molar refractivity (Wildman–Crippen MR) is 160 cm³/mol. The highest BCUT2D eigenvalue weighted by Crippen LogP contribution is 2.22. The lowest BCUT2D eigenvalue weighted by Gasteiger charge is -2.42. The third-order valence-electron chi connectivity index (χ3n) is 6.81. The van der Waals surface area contributed by atoms with Crippen LogP contribution in [0.4, 0.5) is 0 Å². The van der Waals surface area contributed by atoms with Crippen molar-refractivity contribution in [3.8, 4) is 5.75 Å². The third kappa shape index (κ3) is 9.48. The van der Waals surface area contributed by atoms with Gasteiger partial charge in [0.15, 0.2) is 0 Å². The molecule has 0 unspecified atom stereocenters. The Morgan fingerprint density at radius 2 is 1.83 bits per heavy atom. The maximum Gasteiger partial charge on any atom is 0.244 e. The second kappa shape index (κ2) is 14.4. The molecular formula is C30H45N5O6S. The van der Waals surface area contributed by atoms with Crippen LogP contribution in [0.5, 0.6) is 5.75 Å². The summed E-state index contributed by atoms with van der Waals surface area (Å²) in [5.41, 5.74) is 0.510. The van der Waals surface area contributed by atoms with Crippen molar-refractivity contribution in [1.29, 1.82) is 0 Å². The minimum Gasteiger partial charge on any atom is -0.497 e. The van der Waals surface area contributed by atoms with Crippen LogP contribution in [0.15, 0.2) is 53.7 Å². The van der Waals surface area contributed by atoms with E-state index < -0.39 is 33.6 Å². The van der Waals surface area contributed by atoms with Gasteiger partial charge in [0.1, 0.15) is 11.8 Å².